The number of anilines is 1. The summed E-state index contributed by atoms with van der Waals surface area (Å²) in [4.78, 5) is 11.1. The standard InChI is InChI=1S/C12H11N5O/c1-7-3-2-4-8(5-13)11(7)17-6-9(14)10(16-17)12(15)18/h2-4,6H,14H2,1H3,(H2,15,18). The minimum Gasteiger partial charge on any atom is -0.396 e. The van der Waals surface area contributed by atoms with Gasteiger partial charge in [-0.3, -0.25) is 4.79 Å². The zero-order chi connectivity index (χ0) is 13.3. The number of aromatic nitrogens is 2. The van der Waals surface area contributed by atoms with E-state index in [9.17, 15) is 4.79 Å². The van der Waals surface area contributed by atoms with Gasteiger partial charge in [0.05, 0.1) is 23.1 Å². The lowest BCUT2D eigenvalue weighted by molar-refractivity contribution is 0.0996. The topological polar surface area (TPSA) is 111 Å². The molecule has 6 nitrogen and oxygen atoms in total. The SMILES string of the molecule is Cc1cccc(C#N)c1-n1cc(N)c(C(N)=O)n1. The highest BCUT2D eigenvalue weighted by molar-refractivity contribution is 5.95. The largest absolute Gasteiger partial charge is 0.396 e. The summed E-state index contributed by atoms with van der Waals surface area (Å²) < 4.78 is 1.41. The van der Waals surface area contributed by atoms with Crippen molar-refractivity contribution in [2.75, 3.05) is 5.73 Å². The Balaban J connectivity index is 2.67. The number of para-hydroxylation sites is 1. The molecule has 0 atom stereocenters. The van der Waals surface area contributed by atoms with E-state index in [-0.39, 0.29) is 11.4 Å². The molecule has 0 bridgehead atoms. The fourth-order valence-corrected chi connectivity index (χ4v) is 1.75. The fraction of sp³-hybridized carbons (Fsp3) is 0.0833. The Kier molecular flexibility index (Phi) is 2.73. The maximum Gasteiger partial charge on any atom is 0.271 e. The van der Waals surface area contributed by atoms with Crippen LogP contribution in [-0.4, -0.2) is 15.7 Å². The molecule has 1 aromatic heterocycles. The highest BCUT2D eigenvalue weighted by Gasteiger charge is 2.15. The van der Waals surface area contributed by atoms with E-state index in [1.165, 1.54) is 10.9 Å². The molecule has 0 aliphatic rings. The highest BCUT2D eigenvalue weighted by Crippen LogP contribution is 2.20. The van der Waals surface area contributed by atoms with Crippen LogP contribution in [0, 0.1) is 18.3 Å². The number of carbonyl (C=O) groups excluding carboxylic acids is 1. The Bertz CT molecular complexity index is 666. The third kappa shape index (κ3) is 1.78. The third-order valence-corrected chi connectivity index (χ3v) is 2.56. The van der Waals surface area contributed by atoms with Gasteiger partial charge in [-0.2, -0.15) is 10.4 Å². The van der Waals surface area contributed by atoms with Crippen molar-refractivity contribution in [1.29, 1.82) is 5.26 Å². The van der Waals surface area contributed by atoms with Gasteiger partial charge in [0.15, 0.2) is 5.69 Å². The molecular formula is C12H11N5O. The van der Waals surface area contributed by atoms with E-state index in [1.807, 2.05) is 13.0 Å². The molecule has 6 heteroatoms. The van der Waals surface area contributed by atoms with Crippen LogP contribution in [0.4, 0.5) is 5.69 Å². The van der Waals surface area contributed by atoms with Crippen molar-refractivity contribution in [2.45, 2.75) is 6.92 Å². The Morgan fingerprint density at radius 3 is 2.78 bits per heavy atom. The summed E-state index contributed by atoms with van der Waals surface area (Å²) in [5.74, 6) is -0.696. The quantitative estimate of drug-likeness (QED) is 0.807. The summed E-state index contributed by atoms with van der Waals surface area (Å²) in [6, 6.07) is 7.37. The van der Waals surface area contributed by atoms with Crippen LogP contribution < -0.4 is 11.5 Å². The number of aryl methyl sites for hydroxylation is 1. The zero-order valence-electron chi connectivity index (χ0n) is 9.71. The summed E-state index contributed by atoms with van der Waals surface area (Å²) in [5, 5.41) is 13.1. The van der Waals surface area contributed by atoms with Gasteiger partial charge in [-0.25, -0.2) is 4.68 Å². The number of amides is 1. The molecule has 0 saturated heterocycles. The normalized spacial score (nSPS) is 10.0. The molecule has 0 aliphatic carbocycles. The lowest BCUT2D eigenvalue weighted by Crippen LogP contribution is -2.14. The third-order valence-electron chi connectivity index (χ3n) is 2.56. The smallest absolute Gasteiger partial charge is 0.271 e. The number of carbonyl (C=O) groups is 1. The second kappa shape index (κ2) is 4.22. The molecule has 0 saturated carbocycles. The molecule has 2 aromatic rings. The van der Waals surface area contributed by atoms with Gasteiger partial charge >= 0.3 is 0 Å². The lowest BCUT2D eigenvalue weighted by Gasteiger charge is -2.07. The van der Waals surface area contributed by atoms with Crippen LogP contribution in [0.25, 0.3) is 5.69 Å². The van der Waals surface area contributed by atoms with Crippen LogP contribution in [0.1, 0.15) is 21.6 Å². The predicted molar refractivity (Wildman–Crippen MR) is 65.9 cm³/mol. The van der Waals surface area contributed by atoms with Gasteiger partial charge in [0, 0.05) is 0 Å². The summed E-state index contributed by atoms with van der Waals surface area (Å²) in [6.45, 7) is 1.85. The van der Waals surface area contributed by atoms with Crippen molar-refractivity contribution in [3.8, 4) is 11.8 Å². The molecule has 0 fully saturated rings. The highest BCUT2D eigenvalue weighted by atomic mass is 16.1. The maximum absolute atomic E-state index is 11.1. The van der Waals surface area contributed by atoms with Crippen molar-refractivity contribution in [3.63, 3.8) is 0 Å². The van der Waals surface area contributed by atoms with Gasteiger partial charge < -0.3 is 11.5 Å². The van der Waals surface area contributed by atoms with Crippen LogP contribution in [0.2, 0.25) is 0 Å². The van der Waals surface area contributed by atoms with Gasteiger partial charge in [-0.15, -0.1) is 0 Å². The van der Waals surface area contributed by atoms with Crippen molar-refractivity contribution in [3.05, 3.63) is 41.2 Å². The van der Waals surface area contributed by atoms with Crippen molar-refractivity contribution in [2.24, 2.45) is 5.73 Å². The molecule has 0 unspecified atom stereocenters. The van der Waals surface area contributed by atoms with Gasteiger partial charge in [-0.05, 0) is 18.6 Å². The lowest BCUT2D eigenvalue weighted by atomic mass is 10.1. The number of hydrogen-bond donors (Lipinski definition) is 2. The number of hydrogen-bond acceptors (Lipinski definition) is 4. The predicted octanol–water partition coefficient (Wildman–Crippen LogP) is 0.734. The summed E-state index contributed by atoms with van der Waals surface area (Å²) in [5.41, 5.74) is 12.9. The molecule has 1 aromatic carbocycles. The van der Waals surface area contributed by atoms with Crippen molar-refractivity contribution >= 4 is 11.6 Å². The van der Waals surface area contributed by atoms with E-state index in [0.29, 0.717) is 11.3 Å². The number of primary amides is 1. The molecule has 1 heterocycles. The molecule has 2 rings (SSSR count). The molecule has 90 valence electrons. The molecule has 0 aliphatic heterocycles. The summed E-state index contributed by atoms with van der Waals surface area (Å²) in [7, 11) is 0. The number of nitrogen functional groups attached to an aromatic ring is 1. The minimum atomic E-state index is -0.696. The van der Waals surface area contributed by atoms with E-state index in [4.69, 9.17) is 16.7 Å². The van der Waals surface area contributed by atoms with Crippen LogP contribution in [-0.2, 0) is 0 Å². The van der Waals surface area contributed by atoms with E-state index >= 15 is 0 Å². The molecule has 1 amide bonds. The van der Waals surface area contributed by atoms with E-state index in [1.54, 1.807) is 12.1 Å². The van der Waals surface area contributed by atoms with E-state index in [2.05, 4.69) is 11.2 Å². The number of nitrogens with zero attached hydrogens (tertiary/aromatic N) is 3. The Morgan fingerprint density at radius 1 is 1.50 bits per heavy atom. The first kappa shape index (κ1) is 11.7. The average Bonchev–Trinajstić information content (AvgIpc) is 2.70. The first-order chi connectivity index (χ1) is 8.54. The van der Waals surface area contributed by atoms with Gasteiger partial charge in [-0.1, -0.05) is 12.1 Å². The molecular weight excluding hydrogens is 230 g/mol. The van der Waals surface area contributed by atoms with E-state index in [0.717, 1.165) is 5.56 Å². The Labute approximate surface area is 103 Å². The first-order valence-electron chi connectivity index (χ1n) is 5.19. The Hall–Kier alpha value is -2.81. The fourth-order valence-electron chi connectivity index (χ4n) is 1.75. The van der Waals surface area contributed by atoms with Crippen LogP contribution in [0.5, 0.6) is 0 Å². The molecule has 0 radical (unpaired) electrons. The minimum absolute atomic E-state index is 0.00198. The average molecular weight is 241 g/mol. The second-order valence-corrected chi connectivity index (χ2v) is 3.82. The van der Waals surface area contributed by atoms with Gasteiger partial charge in [0.2, 0.25) is 0 Å². The monoisotopic (exact) mass is 241 g/mol. The number of nitriles is 1. The number of rotatable bonds is 2. The van der Waals surface area contributed by atoms with E-state index < -0.39 is 5.91 Å². The van der Waals surface area contributed by atoms with Crippen LogP contribution in [0.3, 0.4) is 0 Å². The maximum atomic E-state index is 11.1. The van der Waals surface area contributed by atoms with Crippen molar-refractivity contribution in [1.82, 2.24) is 9.78 Å². The molecule has 0 spiro atoms. The second-order valence-electron chi connectivity index (χ2n) is 3.82. The zero-order valence-corrected chi connectivity index (χ0v) is 9.71. The van der Waals surface area contributed by atoms with Crippen LogP contribution in [0.15, 0.2) is 24.4 Å². The number of benzene rings is 1. The summed E-state index contributed by atoms with van der Waals surface area (Å²) >= 11 is 0. The first-order valence-corrected chi connectivity index (χ1v) is 5.19. The van der Waals surface area contributed by atoms with Gasteiger partial charge in [0.25, 0.3) is 5.91 Å². The van der Waals surface area contributed by atoms with Gasteiger partial charge in [0.1, 0.15) is 6.07 Å². The number of nitrogens with two attached hydrogens (primary N) is 2. The molecule has 4 N–H and O–H groups in total. The molecule has 18 heavy (non-hydrogen) atoms. The summed E-state index contributed by atoms with van der Waals surface area (Å²) in [6.07, 6.45) is 1.48. The van der Waals surface area contributed by atoms with Crippen molar-refractivity contribution < 1.29 is 4.79 Å². The Morgan fingerprint density at radius 2 is 2.22 bits per heavy atom. The van der Waals surface area contributed by atoms with Crippen LogP contribution >= 0.6 is 0 Å².